The summed E-state index contributed by atoms with van der Waals surface area (Å²) < 4.78 is 0. The van der Waals surface area contributed by atoms with Crippen LogP contribution < -0.4 is 0 Å². The molecule has 1 nitrogen and oxygen atoms in total. The molecule has 0 aromatic carbocycles. The Morgan fingerprint density at radius 2 is 1.33 bits per heavy atom. The van der Waals surface area contributed by atoms with Crippen LogP contribution in [0.4, 0.5) is 0 Å². The Morgan fingerprint density at radius 3 is 1.58 bits per heavy atom. The van der Waals surface area contributed by atoms with Crippen molar-refractivity contribution in [2.75, 3.05) is 0 Å². The molecule has 0 aromatic heterocycles. The van der Waals surface area contributed by atoms with Gasteiger partial charge in [0.05, 0.1) is 0 Å². The third-order valence-corrected chi connectivity index (χ3v) is 1.95. The summed E-state index contributed by atoms with van der Waals surface area (Å²) in [4.78, 5) is 8.00. The van der Waals surface area contributed by atoms with E-state index in [1.165, 1.54) is 11.1 Å². The molecule has 12 heavy (non-hydrogen) atoms. The van der Waals surface area contributed by atoms with Crippen molar-refractivity contribution in [2.45, 2.75) is 12.8 Å². The highest BCUT2D eigenvalue weighted by atomic mass is 16.1. The lowest BCUT2D eigenvalue weighted by molar-refractivity contribution is -0.0979. The normalized spacial score (nSPS) is 18.3. The lowest BCUT2D eigenvalue weighted by Crippen LogP contribution is -1.80. The fraction of sp³-hybridized carbons (Fsp3) is 0.182. The van der Waals surface area contributed by atoms with Crippen LogP contribution in [0.1, 0.15) is 12.8 Å². The molecule has 2 aliphatic carbocycles. The van der Waals surface area contributed by atoms with E-state index in [4.69, 9.17) is 4.79 Å². The predicted molar refractivity (Wildman–Crippen MR) is 50.8 cm³/mol. The van der Waals surface area contributed by atoms with Gasteiger partial charge >= 0.3 is 0 Å². The lowest BCUT2D eigenvalue weighted by Gasteiger charge is -1.99. The molecule has 0 heterocycles. The van der Waals surface area contributed by atoms with Crippen molar-refractivity contribution < 1.29 is 4.79 Å². The van der Waals surface area contributed by atoms with E-state index in [0.717, 1.165) is 12.8 Å². The van der Waals surface area contributed by atoms with E-state index in [9.17, 15) is 0 Å². The van der Waals surface area contributed by atoms with Gasteiger partial charge in [0.15, 0.2) is 0 Å². The van der Waals surface area contributed by atoms with Crippen molar-refractivity contribution in [3.63, 3.8) is 0 Å². The molecular formula is C11H12O. The molecule has 2 aliphatic rings. The zero-order valence-electron chi connectivity index (χ0n) is 6.99. The molecule has 2 rings (SSSR count). The van der Waals surface area contributed by atoms with Crippen molar-refractivity contribution in [1.29, 1.82) is 0 Å². The molecule has 0 unspecified atom stereocenters. The third kappa shape index (κ3) is 1.82. The highest BCUT2D eigenvalue weighted by molar-refractivity contribution is 5.44. The SMILES string of the molecule is C1=CCC(C2=CC=CC2)=C1.C=O. The first kappa shape index (κ1) is 8.72. The second-order valence-corrected chi connectivity index (χ2v) is 2.65. The summed E-state index contributed by atoms with van der Waals surface area (Å²) in [7, 11) is 0. The summed E-state index contributed by atoms with van der Waals surface area (Å²) >= 11 is 0. The first-order valence-electron chi connectivity index (χ1n) is 3.97. The maximum atomic E-state index is 8.00. The third-order valence-electron chi connectivity index (χ3n) is 1.95. The van der Waals surface area contributed by atoms with Crippen LogP contribution in [0.5, 0.6) is 0 Å². The quantitative estimate of drug-likeness (QED) is 0.576. The van der Waals surface area contributed by atoms with Crippen LogP contribution in [0.3, 0.4) is 0 Å². The molecule has 0 saturated carbocycles. The van der Waals surface area contributed by atoms with Crippen LogP contribution in [0.2, 0.25) is 0 Å². The standard InChI is InChI=1S/C10H10.CH2O/c1-2-6-9(5-1)10-7-3-4-8-10;1-2/h1-5,7H,6,8H2;1H2. The van der Waals surface area contributed by atoms with Gasteiger partial charge in [-0.2, -0.15) is 0 Å². The summed E-state index contributed by atoms with van der Waals surface area (Å²) in [6.45, 7) is 2.00. The van der Waals surface area contributed by atoms with Gasteiger partial charge in [-0.3, -0.25) is 0 Å². The van der Waals surface area contributed by atoms with Gasteiger partial charge in [-0.05, 0) is 24.0 Å². The van der Waals surface area contributed by atoms with Crippen LogP contribution in [0.25, 0.3) is 0 Å². The molecule has 0 radical (unpaired) electrons. The van der Waals surface area contributed by atoms with Gasteiger partial charge < -0.3 is 4.79 Å². The van der Waals surface area contributed by atoms with Crippen molar-refractivity contribution in [3.05, 3.63) is 47.6 Å². The molecule has 0 bridgehead atoms. The van der Waals surface area contributed by atoms with E-state index >= 15 is 0 Å². The largest absolute Gasteiger partial charge is 0.307 e. The summed E-state index contributed by atoms with van der Waals surface area (Å²) in [5, 5.41) is 0. The predicted octanol–water partition coefficient (Wildman–Crippen LogP) is 2.57. The second kappa shape index (κ2) is 4.50. The first-order chi connectivity index (χ1) is 5.97. The maximum Gasteiger partial charge on any atom is 0.106 e. The van der Waals surface area contributed by atoms with Crippen LogP contribution in [0.15, 0.2) is 47.6 Å². The van der Waals surface area contributed by atoms with E-state index in [0.29, 0.717) is 0 Å². The van der Waals surface area contributed by atoms with Gasteiger partial charge in [0.2, 0.25) is 0 Å². The van der Waals surface area contributed by atoms with Crippen molar-refractivity contribution in [2.24, 2.45) is 0 Å². The van der Waals surface area contributed by atoms with Crippen molar-refractivity contribution in [1.82, 2.24) is 0 Å². The van der Waals surface area contributed by atoms with Gasteiger partial charge in [0, 0.05) is 0 Å². The fourth-order valence-corrected chi connectivity index (χ4v) is 1.37. The minimum atomic E-state index is 1.13. The van der Waals surface area contributed by atoms with Crippen LogP contribution in [-0.2, 0) is 4.79 Å². The number of hydrogen-bond acceptors (Lipinski definition) is 1. The highest BCUT2D eigenvalue weighted by Crippen LogP contribution is 2.25. The minimum absolute atomic E-state index is 1.13. The molecule has 0 N–H and O–H groups in total. The maximum absolute atomic E-state index is 8.00. The van der Waals surface area contributed by atoms with Gasteiger partial charge in [-0.25, -0.2) is 0 Å². The number of allylic oxidation sites excluding steroid dienone is 8. The molecular weight excluding hydrogens is 148 g/mol. The van der Waals surface area contributed by atoms with Crippen LogP contribution >= 0.6 is 0 Å². The average molecular weight is 160 g/mol. The summed E-state index contributed by atoms with van der Waals surface area (Å²) in [5.41, 5.74) is 2.98. The fourth-order valence-electron chi connectivity index (χ4n) is 1.37. The smallest absolute Gasteiger partial charge is 0.106 e. The zero-order chi connectivity index (χ0) is 8.81. The van der Waals surface area contributed by atoms with E-state index in [1.807, 2.05) is 6.79 Å². The molecule has 0 fully saturated rings. The Hall–Kier alpha value is -1.37. The molecule has 0 aromatic rings. The number of rotatable bonds is 1. The molecule has 0 aliphatic heterocycles. The minimum Gasteiger partial charge on any atom is -0.307 e. The molecule has 0 atom stereocenters. The number of carbonyl (C=O) groups excluding carboxylic acids is 1. The first-order valence-corrected chi connectivity index (χ1v) is 3.97. The van der Waals surface area contributed by atoms with Gasteiger partial charge in [0.1, 0.15) is 6.79 Å². The molecule has 0 spiro atoms. The van der Waals surface area contributed by atoms with E-state index in [1.54, 1.807) is 0 Å². The average Bonchev–Trinajstić information content (AvgIpc) is 2.80. The van der Waals surface area contributed by atoms with Gasteiger partial charge in [0.25, 0.3) is 0 Å². The summed E-state index contributed by atoms with van der Waals surface area (Å²) in [6, 6.07) is 0. The molecule has 62 valence electrons. The van der Waals surface area contributed by atoms with Gasteiger partial charge in [-0.1, -0.05) is 36.5 Å². The summed E-state index contributed by atoms with van der Waals surface area (Å²) in [6.07, 6.45) is 15.4. The van der Waals surface area contributed by atoms with Gasteiger partial charge in [-0.15, -0.1) is 0 Å². The van der Waals surface area contributed by atoms with E-state index in [-0.39, 0.29) is 0 Å². The van der Waals surface area contributed by atoms with Crippen molar-refractivity contribution in [3.8, 4) is 0 Å². The van der Waals surface area contributed by atoms with E-state index in [2.05, 4.69) is 36.5 Å². The Labute approximate surface area is 72.8 Å². The second-order valence-electron chi connectivity index (χ2n) is 2.65. The van der Waals surface area contributed by atoms with Crippen LogP contribution in [-0.4, -0.2) is 6.79 Å². The topological polar surface area (TPSA) is 17.1 Å². The monoisotopic (exact) mass is 160 g/mol. The molecule has 1 heteroatoms. The Morgan fingerprint density at radius 1 is 0.917 bits per heavy atom. The number of hydrogen-bond donors (Lipinski definition) is 0. The number of carbonyl (C=O) groups is 1. The lowest BCUT2D eigenvalue weighted by atomic mass is 10.1. The Kier molecular flexibility index (Phi) is 3.27. The highest BCUT2D eigenvalue weighted by Gasteiger charge is 2.05. The molecule has 0 saturated heterocycles. The Balaban J connectivity index is 0.000000336. The Bertz CT molecular complexity index is 239. The van der Waals surface area contributed by atoms with Crippen LogP contribution in [0, 0.1) is 0 Å². The van der Waals surface area contributed by atoms with Crippen molar-refractivity contribution >= 4 is 6.79 Å². The van der Waals surface area contributed by atoms with E-state index < -0.39 is 0 Å². The zero-order valence-corrected chi connectivity index (χ0v) is 6.99. The molecule has 0 amide bonds. The summed E-state index contributed by atoms with van der Waals surface area (Å²) in [5.74, 6) is 0.